The lowest BCUT2D eigenvalue weighted by atomic mass is 10.1. The summed E-state index contributed by atoms with van der Waals surface area (Å²) in [5.74, 6) is 0.467. The molecule has 14 heavy (non-hydrogen) atoms. The predicted molar refractivity (Wildman–Crippen MR) is 64.0 cm³/mol. The molecule has 1 unspecified atom stereocenters. The van der Waals surface area contributed by atoms with Crippen molar-refractivity contribution in [2.45, 2.75) is 52.2 Å². The van der Waals surface area contributed by atoms with Gasteiger partial charge in [-0.2, -0.15) is 0 Å². The van der Waals surface area contributed by atoms with E-state index in [2.05, 4.69) is 40.8 Å². The third kappa shape index (κ3) is 4.58. The molecule has 0 amide bonds. The second-order valence-corrected chi connectivity index (χ2v) is 10.5. The molecule has 0 saturated carbocycles. The lowest BCUT2D eigenvalue weighted by Crippen LogP contribution is -2.41. The van der Waals surface area contributed by atoms with Crippen molar-refractivity contribution >= 4 is 8.32 Å². The maximum Gasteiger partial charge on any atom is 0.191 e. The van der Waals surface area contributed by atoms with Gasteiger partial charge in [0.1, 0.15) is 0 Å². The average Bonchev–Trinajstić information content (AvgIpc) is 1.99. The van der Waals surface area contributed by atoms with Gasteiger partial charge in [0.2, 0.25) is 0 Å². The molecule has 0 aromatic rings. The fourth-order valence-corrected chi connectivity index (χ4v) is 2.01. The van der Waals surface area contributed by atoms with Crippen molar-refractivity contribution in [3.8, 4) is 0 Å². The highest BCUT2D eigenvalue weighted by molar-refractivity contribution is 6.74. The third-order valence-corrected chi connectivity index (χ3v) is 7.66. The van der Waals surface area contributed by atoms with Crippen LogP contribution in [0, 0.1) is 5.92 Å². The minimum atomic E-state index is -1.58. The van der Waals surface area contributed by atoms with E-state index in [9.17, 15) is 0 Å². The van der Waals surface area contributed by atoms with E-state index in [1.54, 1.807) is 0 Å². The Morgan fingerprint density at radius 3 is 2.14 bits per heavy atom. The maximum absolute atomic E-state index is 8.78. The Kier molecular flexibility index (Phi) is 5.34. The van der Waals surface area contributed by atoms with Crippen molar-refractivity contribution in [3.63, 3.8) is 0 Å². The minimum absolute atomic E-state index is 0.266. The van der Waals surface area contributed by atoms with Gasteiger partial charge in [0, 0.05) is 13.2 Å². The first-order valence-electron chi connectivity index (χ1n) is 5.45. The molecule has 0 spiro atoms. The summed E-state index contributed by atoms with van der Waals surface area (Å²) >= 11 is 0. The van der Waals surface area contributed by atoms with Crippen molar-refractivity contribution in [2.75, 3.05) is 13.2 Å². The second-order valence-electron chi connectivity index (χ2n) is 5.69. The number of hydrogen-bond donors (Lipinski definition) is 1. The molecular weight excluding hydrogens is 192 g/mol. The number of aliphatic hydroxyl groups excluding tert-OH is 1. The smallest absolute Gasteiger partial charge is 0.191 e. The van der Waals surface area contributed by atoms with E-state index in [-0.39, 0.29) is 11.6 Å². The van der Waals surface area contributed by atoms with Gasteiger partial charge in [0.15, 0.2) is 8.32 Å². The summed E-state index contributed by atoms with van der Waals surface area (Å²) in [7, 11) is -1.58. The van der Waals surface area contributed by atoms with Crippen LogP contribution in [0.5, 0.6) is 0 Å². The van der Waals surface area contributed by atoms with E-state index in [4.69, 9.17) is 9.53 Å². The van der Waals surface area contributed by atoms with Gasteiger partial charge in [0.05, 0.1) is 0 Å². The van der Waals surface area contributed by atoms with Crippen LogP contribution in [0.1, 0.15) is 34.1 Å². The molecule has 0 saturated heterocycles. The maximum atomic E-state index is 8.78. The Balaban J connectivity index is 3.99. The Bertz CT molecular complexity index is 161. The first-order valence-corrected chi connectivity index (χ1v) is 8.36. The minimum Gasteiger partial charge on any atom is -0.417 e. The molecule has 0 radical (unpaired) electrons. The summed E-state index contributed by atoms with van der Waals surface area (Å²) in [6, 6.07) is 0. The molecule has 0 aliphatic heterocycles. The summed E-state index contributed by atoms with van der Waals surface area (Å²) in [4.78, 5) is 0. The van der Waals surface area contributed by atoms with Crippen LogP contribution in [0.3, 0.4) is 0 Å². The van der Waals surface area contributed by atoms with Crippen LogP contribution in [0.25, 0.3) is 0 Å². The Morgan fingerprint density at radius 2 is 1.79 bits per heavy atom. The van der Waals surface area contributed by atoms with Crippen molar-refractivity contribution < 1.29 is 9.53 Å². The zero-order valence-corrected chi connectivity index (χ0v) is 11.6. The highest BCUT2D eigenvalue weighted by Gasteiger charge is 2.37. The molecule has 86 valence electrons. The molecular formula is C11H26O2Si. The molecule has 0 aliphatic rings. The molecule has 3 heteroatoms. The van der Waals surface area contributed by atoms with E-state index < -0.39 is 8.32 Å². The van der Waals surface area contributed by atoms with Crippen LogP contribution in [0.2, 0.25) is 18.1 Å². The molecule has 0 fully saturated rings. The molecule has 0 heterocycles. The summed E-state index contributed by atoms with van der Waals surface area (Å²) in [6.45, 7) is 14.4. The first kappa shape index (κ1) is 14.1. The van der Waals surface area contributed by atoms with E-state index >= 15 is 0 Å². The van der Waals surface area contributed by atoms with Gasteiger partial charge in [-0.05, 0) is 30.5 Å². The van der Waals surface area contributed by atoms with Crippen molar-refractivity contribution in [2.24, 2.45) is 5.92 Å². The van der Waals surface area contributed by atoms with E-state index in [0.29, 0.717) is 5.92 Å². The average molecular weight is 218 g/mol. The molecule has 2 nitrogen and oxygen atoms in total. The van der Waals surface area contributed by atoms with Crippen LogP contribution in [0.4, 0.5) is 0 Å². The molecule has 1 N–H and O–H groups in total. The highest BCUT2D eigenvalue weighted by Crippen LogP contribution is 2.36. The van der Waals surface area contributed by atoms with Crippen LogP contribution < -0.4 is 0 Å². The van der Waals surface area contributed by atoms with E-state index in [0.717, 1.165) is 13.0 Å². The van der Waals surface area contributed by atoms with Gasteiger partial charge in [-0.3, -0.25) is 0 Å². The SMILES string of the molecule is CC(CCO)CO[Si](C)(C)C(C)(C)C. The fourth-order valence-electron chi connectivity index (χ4n) is 0.871. The standard InChI is InChI=1S/C11H26O2Si/c1-10(7-8-12)9-13-14(5,6)11(2,3)4/h10,12H,7-9H2,1-6H3. The van der Waals surface area contributed by atoms with Gasteiger partial charge in [0.25, 0.3) is 0 Å². The second kappa shape index (κ2) is 5.28. The van der Waals surface area contributed by atoms with Crippen molar-refractivity contribution in [1.82, 2.24) is 0 Å². The van der Waals surface area contributed by atoms with Crippen LogP contribution >= 0.6 is 0 Å². The molecule has 0 rings (SSSR count). The summed E-state index contributed by atoms with van der Waals surface area (Å²) in [6.07, 6.45) is 0.842. The Morgan fingerprint density at radius 1 is 1.29 bits per heavy atom. The number of hydrogen-bond acceptors (Lipinski definition) is 2. The molecule has 0 aromatic heterocycles. The fraction of sp³-hybridized carbons (Fsp3) is 1.00. The summed E-state index contributed by atoms with van der Waals surface area (Å²) in [5.41, 5.74) is 0. The summed E-state index contributed by atoms with van der Waals surface area (Å²) < 4.78 is 6.04. The van der Waals surface area contributed by atoms with E-state index in [1.807, 2.05) is 0 Å². The molecule has 0 bridgehead atoms. The van der Waals surface area contributed by atoms with Crippen molar-refractivity contribution in [3.05, 3.63) is 0 Å². The quantitative estimate of drug-likeness (QED) is 0.719. The van der Waals surface area contributed by atoms with Crippen molar-refractivity contribution in [1.29, 1.82) is 0 Å². The number of aliphatic hydroxyl groups is 1. The van der Waals surface area contributed by atoms with Gasteiger partial charge < -0.3 is 9.53 Å². The van der Waals surface area contributed by atoms with Gasteiger partial charge in [-0.25, -0.2) is 0 Å². The van der Waals surface area contributed by atoms with Crippen LogP contribution in [-0.4, -0.2) is 26.6 Å². The Labute approximate surface area is 89.8 Å². The van der Waals surface area contributed by atoms with Crippen LogP contribution in [-0.2, 0) is 4.43 Å². The van der Waals surface area contributed by atoms with Crippen LogP contribution in [0.15, 0.2) is 0 Å². The largest absolute Gasteiger partial charge is 0.417 e. The normalized spacial score (nSPS) is 15.6. The first-order chi connectivity index (χ1) is 6.20. The van der Waals surface area contributed by atoms with Gasteiger partial charge >= 0.3 is 0 Å². The zero-order chi connectivity index (χ0) is 11.4. The molecule has 0 aromatic carbocycles. The van der Waals surface area contributed by atoms with E-state index in [1.165, 1.54) is 0 Å². The monoisotopic (exact) mass is 218 g/mol. The topological polar surface area (TPSA) is 29.5 Å². The summed E-state index contributed by atoms with van der Waals surface area (Å²) in [5, 5.41) is 9.07. The third-order valence-electron chi connectivity index (χ3n) is 3.16. The Hall–Kier alpha value is 0.137. The lowest BCUT2D eigenvalue weighted by molar-refractivity contribution is 0.196. The molecule has 0 aliphatic carbocycles. The lowest BCUT2D eigenvalue weighted by Gasteiger charge is -2.37. The zero-order valence-electron chi connectivity index (χ0n) is 10.6. The number of rotatable bonds is 5. The predicted octanol–water partition coefficient (Wildman–Crippen LogP) is 3.03. The highest BCUT2D eigenvalue weighted by atomic mass is 28.4. The molecule has 1 atom stereocenters. The van der Waals surface area contributed by atoms with Gasteiger partial charge in [-0.15, -0.1) is 0 Å². The van der Waals surface area contributed by atoms with Gasteiger partial charge in [-0.1, -0.05) is 27.7 Å².